The standard InChI is InChI=1S/C12H23N3O2.ClH/c13-11-3-1-2-10(11)12(17)15-6-4-14(5-7-15)8-9-16;/h10-11,16H,1-9,13H2;1H. The number of amides is 1. The van der Waals surface area contributed by atoms with Gasteiger partial charge in [-0.15, -0.1) is 12.4 Å². The van der Waals surface area contributed by atoms with E-state index < -0.39 is 0 Å². The summed E-state index contributed by atoms with van der Waals surface area (Å²) in [5, 5.41) is 8.86. The predicted molar refractivity (Wildman–Crippen MR) is 72.7 cm³/mol. The summed E-state index contributed by atoms with van der Waals surface area (Å²) in [4.78, 5) is 16.4. The van der Waals surface area contributed by atoms with E-state index in [1.165, 1.54) is 0 Å². The van der Waals surface area contributed by atoms with Crippen LogP contribution in [0.3, 0.4) is 0 Å². The first-order valence-electron chi connectivity index (χ1n) is 6.60. The van der Waals surface area contributed by atoms with Crippen molar-refractivity contribution in [1.82, 2.24) is 9.80 Å². The van der Waals surface area contributed by atoms with Crippen LogP contribution in [0, 0.1) is 5.92 Å². The topological polar surface area (TPSA) is 69.8 Å². The van der Waals surface area contributed by atoms with Crippen molar-refractivity contribution in [2.24, 2.45) is 11.7 Å². The molecular formula is C12H24ClN3O2. The molecule has 2 rings (SSSR count). The molecule has 0 spiro atoms. The van der Waals surface area contributed by atoms with Crippen LogP contribution in [-0.4, -0.2) is 66.2 Å². The molecule has 0 bridgehead atoms. The number of nitrogens with zero attached hydrogens (tertiary/aromatic N) is 2. The molecule has 2 fully saturated rings. The number of piperazine rings is 1. The lowest BCUT2D eigenvalue weighted by Crippen LogP contribution is -2.52. The second-order valence-corrected chi connectivity index (χ2v) is 5.09. The molecule has 6 heteroatoms. The van der Waals surface area contributed by atoms with Crippen LogP contribution in [0.4, 0.5) is 0 Å². The quantitative estimate of drug-likeness (QED) is 0.741. The number of β-amino-alcohol motifs (C(OH)–C–C–N with tert-alkyl or cyclic N) is 1. The molecule has 18 heavy (non-hydrogen) atoms. The third-order valence-electron chi connectivity index (χ3n) is 3.99. The Balaban J connectivity index is 0.00000162. The number of carbonyl (C=O) groups is 1. The van der Waals surface area contributed by atoms with Crippen LogP contribution in [0.25, 0.3) is 0 Å². The van der Waals surface area contributed by atoms with Gasteiger partial charge in [0.25, 0.3) is 0 Å². The monoisotopic (exact) mass is 277 g/mol. The van der Waals surface area contributed by atoms with Crippen molar-refractivity contribution in [1.29, 1.82) is 0 Å². The zero-order valence-corrected chi connectivity index (χ0v) is 11.6. The summed E-state index contributed by atoms with van der Waals surface area (Å²) < 4.78 is 0. The Morgan fingerprint density at radius 3 is 2.39 bits per heavy atom. The number of aliphatic hydroxyl groups excluding tert-OH is 1. The normalized spacial score (nSPS) is 29.1. The van der Waals surface area contributed by atoms with E-state index >= 15 is 0 Å². The van der Waals surface area contributed by atoms with Crippen LogP contribution in [0.5, 0.6) is 0 Å². The molecule has 1 saturated carbocycles. The van der Waals surface area contributed by atoms with Crippen molar-refractivity contribution in [3.63, 3.8) is 0 Å². The van der Waals surface area contributed by atoms with Crippen LogP contribution in [-0.2, 0) is 4.79 Å². The average molecular weight is 278 g/mol. The maximum Gasteiger partial charge on any atom is 0.227 e. The minimum Gasteiger partial charge on any atom is -0.395 e. The van der Waals surface area contributed by atoms with E-state index in [1.807, 2.05) is 4.90 Å². The Morgan fingerprint density at radius 2 is 1.89 bits per heavy atom. The number of aliphatic hydroxyl groups is 1. The van der Waals surface area contributed by atoms with Gasteiger partial charge in [0, 0.05) is 38.8 Å². The smallest absolute Gasteiger partial charge is 0.227 e. The molecule has 0 aromatic rings. The summed E-state index contributed by atoms with van der Waals surface area (Å²) in [6.45, 7) is 4.21. The van der Waals surface area contributed by atoms with Crippen LogP contribution >= 0.6 is 12.4 Å². The van der Waals surface area contributed by atoms with Crippen molar-refractivity contribution in [3.8, 4) is 0 Å². The summed E-state index contributed by atoms with van der Waals surface area (Å²) in [5.41, 5.74) is 5.97. The molecule has 1 heterocycles. The molecule has 1 aliphatic carbocycles. The molecule has 1 amide bonds. The molecule has 2 aliphatic rings. The van der Waals surface area contributed by atoms with Gasteiger partial charge in [0.05, 0.1) is 12.5 Å². The van der Waals surface area contributed by atoms with Crippen LogP contribution in [0.2, 0.25) is 0 Å². The molecule has 0 aromatic heterocycles. The van der Waals surface area contributed by atoms with Gasteiger partial charge in [0.1, 0.15) is 0 Å². The van der Waals surface area contributed by atoms with Gasteiger partial charge >= 0.3 is 0 Å². The Morgan fingerprint density at radius 1 is 1.22 bits per heavy atom. The molecule has 5 nitrogen and oxygen atoms in total. The summed E-state index contributed by atoms with van der Waals surface area (Å²) >= 11 is 0. The second-order valence-electron chi connectivity index (χ2n) is 5.09. The number of nitrogens with two attached hydrogens (primary N) is 1. The van der Waals surface area contributed by atoms with E-state index in [1.54, 1.807) is 0 Å². The van der Waals surface area contributed by atoms with E-state index in [9.17, 15) is 4.79 Å². The third kappa shape index (κ3) is 3.57. The summed E-state index contributed by atoms with van der Waals surface area (Å²) in [5.74, 6) is 0.304. The first-order chi connectivity index (χ1) is 8.22. The molecule has 106 valence electrons. The Hall–Kier alpha value is -0.360. The van der Waals surface area contributed by atoms with E-state index in [2.05, 4.69) is 4.90 Å². The summed E-state index contributed by atoms with van der Waals surface area (Å²) in [7, 11) is 0. The molecule has 1 aliphatic heterocycles. The summed E-state index contributed by atoms with van der Waals surface area (Å²) in [6.07, 6.45) is 3.03. The maximum atomic E-state index is 12.3. The van der Waals surface area contributed by atoms with Crippen molar-refractivity contribution in [2.75, 3.05) is 39.3 Å². The van der Waals surface area contributed by atoms with Crippen molar-refractivity contribution in [2.45, 2.75) is 25.3 Å². The molecule has 1 saturated heterocycles. The van der Waals surface area contributed by atoms with E-state index in [-0.39, 0.29) is 36.9 Å². The van der Waals surface area contributed by atoms with Crippen molar-refractivity contribution in [3.05, 3.63) is 0 Å². The number of hydrogen-bond donors (Lipinski definition) is 2. The Bertz CT molecular complexity index is 270. The Labute approximate surface area is 115 Å². The first kappa shape index (κ1) is 15.7. The highest BCUT2D eigenvalue weighted by Crippen LogP contribution is 2.26. The molecule has 0 aromatic carbocycles. The predicted octanol–water partition coefficient (Wildman–Crippen LogP) is -0.328. The lowest BCUT2D eigenvalue weighted by molar-refractivity contribution is -0.137. The number of carbonyl (C=O) groups excluding carboxylic acids is 1. The van der Waals surface area contributed by atoms with E-state index in [0.29, 0.717) is 6.54 Å². The molecular weight excluding hydrogens is 254 g/mol. The maximum absolute atomic E-state index is 12.3. The highest BCUT2D eigenvalue weighted by Gasteiger charge is 2.34. The fourth-order valence-corrected chi connectivity index (χ4v) is 2.86. The second kappa shape index (κ2) is 7.28. The zero-order valence-electron chi connectivity index (χ0n) is 10.8. The fraction of sp³-hybridized carbons (Fsp3) is 0.917. The summed E-state index contributed by atoms with van der Waals surface area (Å²) in [6, 6.07) is 0.0676. The molecule has 3 N–H and O–H groups in total. The number of hydrogen-bond acceptors (Lipinski definition) is 4. The van der Waals surface area contributed by atoms with Crippen molar-refractivity contribution < 1.29 is 9.90 Å². The fourth-order valence-electron chi connectivity index (χ4n) is 2.86. The van der Waals surface area contributed by atoms with Gasteiger partial charge in [-0.05, 0) is 12.8 Å². The molecule has 2 unspecified atom stereocenters. The van der Waals surface area contributed by atoms with Crippen LogP contribution in [0.15, 0.2) is 0 Å². The lowest BCUT2D eigenvalue weighted by Gasteiger charge is -2.36. The number of rotatable bonds is 3. The largest absolute Gasteiger partial charge is 0.395 e. The SMILES string of the molecule is Cl.NC1CCCC1C(=O)N1CCN(CCO)CC1. The van der Waals surface area contributed by atoms with Crippen LogP contribution in [0.1, 0.15) is 19.3 Å². The van der Waals surface area contributed by atoms with Gasteiger partial charge in [-0.3, -0.25) is 9.69 Å². The van der Waals surface area contributed by atoms with Gasteiger partial charge in [-0.1, -0.05) is 6.42 Å². The molecule has 2 atom stereocenters. The van der Waals surface area contributed by atoms with E-state index in [0.717, 1.165) is 45.4 Å². The first-order valence-corrected chi connectivity index (χ1v) is 6.60. The van der Waals surface area contributed by atoms with Crippen LogP contribution < -0.4 is 5.73 Å². The van der Waals surface area contributed by atoms with Gasteiger partial charge in [0.2, 0.25) is 5.91 Å². The van der Waals surface area contributed by atoms with Gasteiger partial charge in [-0.2, -0.15) is 0 Å². The third-order valence-corrected chi connectivity index (χ3v) is 3.99. The van der Waals surface area contributed by atoms with Gasteiger partial charge in [-0.25, -0.2) is 0 Å². The minimum absolute atomic E-state index is 0. The van der Waals surface area contributed by atoms with Crippen molar-refractivity contribution >= 4 is 18.3 Å². The zero-order chi connectivity index (χ0) is 12.3. The minimum atomic E-state index is 0. The lowest BCUT2D eigenvalue weighted by atomic mass is 10.0. The highest BCUT2D eigenvalue weighted by molar-refractivity contribution is 5.85. The number of halogens is 1. The van der Waals surface area contributed by atoms with Gasteiger partial charge < -0.3 is 15.7 Å². The molecule has 0 radical (unpaired) electrons. The average Bonchev–Trinajstić information content (AvgIpc) is 2.76. The Kier molecular flexibility index (Phi) is 6.35. The van der Waals surface area contributed by atoms with Gasteiger partial charge in [0.15, 0.2) is 0 Å². The van der Waals surface area contributed by atoms with E-state index in [4.69, 9.17) is 10.8 Å². The highest BCUT2D eigenvalue weighted by atomic mass is 35.5.